The van der Waals surface area contributed by atoms with Crippen molar-refractivity contribution < 1.29 is 4.39 Å². The Morgan fingerprint density at radius 2 is 1.92 bits per heavy atom. The third-order valence-corrected chi connectivity index (χ3v) is 4.15. The van der Waals surface area contributed by atoms with Crippen molar-refractivity contribution in [3.05, 3.63) is 59.6 Å². The topological polar surface area (TPSA) is 12.9 Å². The molecule has 0 unspecified atom stereocenters. The molecule has 25 heavy (non-hydrogen) atoms. The molecule has 0 aliphatic carbocycles. The largest absolute Gasteiger partial charge is 0.253 e. The lowest BCUT2D eigenvalue weighted by molar-refractivity contribution is 0.520. The van der Waals surface area contributed by atoms with Gasteiger partial charge in [-0.2, -0.15) is 0 Å². The zero-order chi connectivity index (χ0) is 19.0. The Kier molecular flexibility index (Phi) is 8.54. The minimum Gasteiger partial charge on any atom is -0.253 e. The zero-order valence-electron chi connectivity index (χ0n) is 16.6. The van der Waals surface area contributed by atoms with Crippen LogP contribution in [0, 0.1) is 12.8 Å². The van der Waals surface area contributed by atoms with Crippen LogP contribution in [0.3, 0.4) is 0 Å². The Morgan fingerprint density at radius 3 is 2.48 bits per heavy atom. The van der Waals surface area contributed by atoms with Crippen molar-refractivity contribution >= 4 is 16.5 Å². The number of fused-ring (bicyclic) bond motifs is 1. The summed E-state index contributed by atoms with van der Waals surface area (Å²) in [5, 5.41) is 1.13. The molecule has 0 N–H and O–H groups in total. The van der Waals surface area contributed by atoms with Crippen molar-refractivity contribution in [2.75, 3.05) is 0 Å². The van der Waals surface area contributed by atoms with Gasteiger partial charge in [0.15, 0.2) is 0 Å². The van der Waals surface area contributed by atoms with Crippen molar-refractivity contribution in [2.24, 2.45) is 5.92 Å². The molecule has 0 amide bonds. The molecule has 2 aromatic rings. The molecule has 1 aromatic carbocycles. The average Bonchev–Trinajstić information content (AvgIpc) is 2.62. The normalized spacial score (nSPS) is 11.8. The molecular formula is C23H32FN. The van der Waals surface area contributed by atoms with Gasteiger partial charge in [0.2, 0.25) is 0 Å². The second-order valence-corrected chi connectivity index (χ2v) is 6.32. The Morgan fingerprint density at radius 1 is 1.24 bits per heavy atom. The highest BCUT2D eigenvalue weighted by Crippen LogP contribution is 2.32. The highest BCUT2D eigenvalue weighted by molar-refractivity contribution is 5.86. The first kappa shape index (κ1) is 21.1. The van der Waals surface area contributed by atoms with Gasteiger partial charge in [0.05, 0.1) is 5.52 Å². The monoisotopic (exact) mass is 341 g/mol. The molecule has 0 spiro atoms. The molecule has 0 bridgehead atoms. The molecular weight excluding hydrogens is 309 g/mol. The quantitative estimate of drug-likeness (QED) is 0.498. The van der Waals surface area contributed by atoms with Crippen molar-refractivity contribution in [1.82, 2.24) is 4.98 Å². The summed E-state index contributed by atoms with van der Waals surface area (Å²) >= 11 is 0. The second-order valence-electron chi connectivity index (χ2n) is 6.32. The lowest BCUT2D eigenvalue weighted by Crippen LogP contribution is -1.97. The first-order valence-corrected chi connectivity index (χ1v) is 9.38. The van der Waals surface area contributed by atoms with Crippen LogP contribution in [0.2, 0.25) is 0 Å². The average molecular weight is 342 g/mol. The maximum absolute atomic E-state index is 14.7. The molecule has 2 heteroatoms. The van der Waals surface area contributed by atoms with Gasteiger partial charge in [-0.25, -0.2) is 4.39 Å². The predicted octanol–water partition coefficient (Wildman–Crippen LogP) is 7.43. The van der Waals surface area contributed by atoms with E-state index in [1.807, 2.05) is 52.8 Å². The highest BCUT2D eigenvalue weighted by Gasteiger charge is 2.14. The van der Waals surface area contributed by atoms with Crippen molar-refractivity contribution in [3.8, 4) is 0 Å². The van der Waals surface area contributed by atoms with Crippen LogP contribution in [0.1, 0.15) is 64.3 Å². The van der Waals surface area contributed by atoms with Gasteiger partial charge in [-0.05, 0) is 61.1 Å². The van der Waals surface area contributed by atoms with Crippen LogP contribution in [-0.2, 0) is 6.42 Å². The van der Waals surface area contributed by atoms with Gasteiger partial charge in [0.25, 0.3) is 0 Å². The summed E-state index contributed by atoms with van der Waals surface area (Å²) in [6, 6.07) is 8.23. The van der Waals surface area contributed by atoms with E-state index < -0.39 is 0 Å². The third-order valence-electron chi connectivity index (χ3n) is 4.15. The number of halogens is 1. The smallest absolute Gasteiger partial charge is 0.106 e. The van der Waals surface area contributed by atoms with Gasteiger partial charge in [-0.3, -0.25) is 4.98 Å². The van der Waals surface area contributed by atoms with Gasteiger partial charge < -0.3 is 0 Å². The van der Waals surface area contributed by atoms with Crippen LogP contribution in [-0.4, -0.2) is 4.98 Å². The number of aryl methyl sites for hydroxylation is 2. The summed E-state index contributed by atoms with van der Waals surface area (Å²) in [5.74, 6) is -0.128. The number of pyridine rings is 1. The molecule has 1 aromatic heterocycles. The molecule has 0 aliphatic rings. The van der Waals surface area contributed by atoms with Crippen molar-refractivity contribution in [3.63, 3.8) is 0 Å². The molecule has 136 valence electrons. The van der Waals surface area contributed by atoms with E-state index in [0.29, 0.717) is 6.42 Å². The fourth-order valence-corrected chi connectivity index (χ4v) is 2.92. The maximum Gasteiger partial charge on any atom is 0.106 e. The standard InChI is InChI=1S/C21H26FN.C2H6/c1-6-8-9-18(21(22)14(3)4)17-10-11-20-19(13-17)16(7-2)12-15(5)23-20;1-2/h6,10-14H,1,7-9H2,2-5H3;1-2H3/b21-18-;. The summed E-state index contributed by atoms with van der Waals surface area (Å²) in [4.78, 5) is 4.60. The van der Waals surface area contributed by atoms with E-state index in [4.69, 9.17) is 0 Å². The number of rotatable bonds is 6. The summed E-state index contributed by atoms with van der Waals surface area (Å²) < 4.78 is 14.7. The molecule has 1 nitrogen and oxygen atoms in total. The van der Waals surface area contributed by atoms with Gasteiger partial charge in [-0.1, -0.05) is 46.8 Å². The van der Waals surface area contributed by atoms with Gasteiger partial charge in [0.1, 0.15) is 5.83 Å². The number of hydrogen-bond donors (Lipinski definition) is 0. The first-order valence-electron chi connectivity index (χ1n) is 9.38. The van der Waals surface area contributed by atoms with Crippen molar-refractivity contribution in [2.45, 2.75) is 60.8 Å². The van der Waals surface area contributed by atoms with Gasteiger partial charge >= 0.3 is 0 Å². The Labute approximate surface area is 152 Å². The summed E-state index contributed by atoms with van der Waals surface area (Å²) in [6.45, 7) is 15.7. The van der Waals surface area contributed by atoms with E-state index in [0.717, 1.165) is 40.6 Å². The Bertz CT molecular complexity index is 741. The number of allylic oxidation sites excluding steroid dienone is 3. The summed E-state index contributed by atoms with van der Waals surface area (Å²) in [7, 11) is 0. The minimum atomic E-state index is -0.104. The summed E-state index contributed by atoms with van der Waals surface area (Å²) in [5.41, 5.74) is 5.04. The van der Waals surface area contributed by atoms with Gasteiger partial charge in [-0.15, -0.1) is 6.58 Å². The van der Waals surface area contributed by atoms with Crippen molar-refractivity contribution in [1.29, 1.82) is 0 Å². The predicted molar refractivity (Wildman–Crippen MR) is 110 cm³/mol. The van der Waals surface area contributed by atoms with Crippen LogP contribution >= 0.6 is 0 Å². The Balaban J connectivity index is 0.00000151. The third kappa shape index (κ3) is 5.26. The van der Waals surface area contributed by atoms with Gasteiger partial charge in [0, 0.05) is 17.0 Å². The SMILES string of the molecule is C=CCC/C(=C(/F)C(C)C)c1ccc2nc(C)cc(CC)c2c1.CC. The second kappa shape index (κ2) is 10.1. The molecule has 1 heterocycles. The maximum atomic E-state index is 14.7. The Hall–Kier alpha value is -1.96. The molecule has 2 rings (SSSR count). The molecule has 0 atom stereocenters. The van der Waals surface area contributed by atoms with E-state index in [1.54, 1.807) is 0 Å². The van der Waals surface area contributed by atoms with Crippen LogP contribution in [0.25, 0.3) is 16.5 Å². The molecule has 0 saturated carbocycles. The molecule has 0 radical (unpaired) electrons. The fourth-order valence-electron chi connectivity index (χ4n) is 2.92. The van der Waals surface area contributed by atoms with Crippen LogP contribution in [0.15, 0.2) is 42.7 Å². The fraction of sp³-hybridized carbons (Fsp3) is 0.435. The number of hydrogen-bond acceptors (Lipinski definition) is 1. The van der Waals surface area contributed by atoms with Crippen LogP contribution in [0.4, 0.5) is 4.39 Å². The number of nitrogens with zero attached hydrogens (tertiary/aromatic N) is 1. The number of aromatic nitrogens is 1. The first-order chi connectivity index (χ1) is 12.0. The molecule has 0 aliphatic heterocycles. The van der Waals surface area contributed by atoms with E-state index in [2.05, 4.69) is 30.6 Å². The van der Waals surface area contributed by atoms with E-state index in [-0.39, 0.29) is 11.7 Å². The molecule has 0 fully saturated rings. The number of benzene rings is 1. The zero-order valence-corrected chi connectivity index (χ0v) is 16.6. The summed E-state index contributed by atoms with van der Waals surface area (Å²) in [6.07, 6.45) is 4.25. The highest BCUT2D eigenvalue weighted by atomic mass is 19.1. The lowest BCUT2D eigenvalue weighted by atomic mass is 9.94. The molecule has 0 saturated heterocycles. The van der Waals surface area contributed by atoms with E-state index in [9.17, 15) is 4.39 Å². The van der Waals surface area contributed by atoms with Crippen LogP contribution in [0.5, 0.6) is 0 Å². The minimum absolute atomic E-state index is 0.0238. The lowest BCUT2D eigenvalue weighted by Gasteiger charge is -2.14. The van der Waals surface area contributed by atoms with E-state index in [1.165, 1.54) is 5.56 Å². The van der Waals surface area contributed by atoms with Crippen LogP contribution < -0.4 is 0 Å². The van der Waals surface area contributed by atoms with E-state index >= 15 is 0 Å².